The van der Waals surface area contributed by atoms with Crippen LogP contribution in [0.1, 0.15) is 37.8 Å². The van der Waals surface area contributed by atoms with Gasteiger partial charge >= 0.3 is 0 Å². The van der Waals surface area contributed by atoms with Crippen LogP contribution in [0.15, 0.2) is 60.7 Å². The summed E-state index contributed by atoms with van der Waals surface area (Å²) < 4.78 is 0. The summed E-state index contributed by atoms with van der Waals surface area (Å²) >= 11 is 0. The number of carbonyl (C=O) groups excluding carboxylic acids is 1. The summed E-state index contributed by atoms with van der Waals surface area (Å²) in [5.74, 6) is 0.442. The van der Waals surface area contributed by atoms with Crippen LogP contribution < -0.4 is 0 Å². The number of rotatable bonds is 4. The van der Waals surface area contributed by atoms with Crippen LogP contribution in [-0.2, 0) is 15.6 Å². The van der Waals surface area contributed by atoms with Crippen LogP contribution in [0.25, 0.3) is 0 Å². The summed E-state index contributed by atoms with van der Waals surface area (Å²) in [7, 11) is 9.08. The lowest BCUT2D eigenvalue weighted by Crippen LogP contribution is -2.72. The number of likely N-dealkylation sites (tertiary alicyclic amines) is 2. The van der Waals surface area contributed by atoms with Gasteiger partial charge in [0.05, 0.1) is 10.8 Å². The first kappa shape index (κ1) is 31.8. The first-order valence-corrected chi connectivity index (χ1v) is 16.9. The summed E-state index contributed by atoms with van der Waals surface area (Å²) in [4.78, 5) is 31.2. The van der Waals surface area contributed by atoms with E-state index in [0.717, 1.165) is 91.4 Å². The van der Waals surface area contributed by atoms with Crippen LogP contribution in [-0.4, -0.2) is 153 Å². The Morgan fingerprint density at radius 2 is 0.818 bits per heavy atom. The molecule has 2 unspecified atom stereocenters. The van der Waals surface area contributed by atoms with E-state index in [1.165, 1.54) is 11.1 Å². The van der Waals surface area contributed by atoms with E-state index >= 15 is 4.79 Å². The van der Waals surface area contributed by atoms with Gasteiger partial charge in [-0.05, 0) is 66.0 Å². The average Bonchev–Trinajstić information content (AvgIpc) is 3.23. The van der Waals surface area contributed by atoms with Gasteiger partial charge in [0.25, 0.3) is 0 Å². The Bertz CT molecular complexity index is 1200. The zero-order chi connectivity index (χ0) is 31.2. The second-order valence-corrected chi connectivity index (χ2v) is 15.5. The van der Waals surface area contributed by atoms with Gasteiger partial charge in [0.2, 0.25) is 0 Å². The minimum atomic E-state index is -0.584. The molecule has 2 bridgehead atoms. The molecule has 240 valence electrons. The monoisotopic (exact) mass is 600 g/mol. The van der Waals surface area contributed by atoms with Gasteiger partial charge in [-0.15, -0.1) is 0 Å². The highest BCUT2D eigenvalue weighted by molar-refractivity contribution is 6.00. The standard InChI is InChI=1S/C37H56N6O/c1-34(25-38(3)21-22-39(4)26-34)42-19-17-36(31-13-9-7-10-14-31)29-43(35(2)27-40(5)23-24-41(6)28-35)30-37(18-20-42,33(36)44)32-15-11-8-12-16-32/h7-16H,17-30H2,1-6H3. The topological polar surface area (TPSA) is 36.5 Å². The molecule has 4 fully saturated rings. The number of piperidine rings is 1. The van der Waals surface area contributed by atoms with Gasteiger partial charge in [-0.1, -0.05) is 60.7 Å². The molecule has 0 N–H and O–H groups in total. The molecule has 4 aliphatic heterocycles. The molecule has 7 nitrogen and oxygen atoms in total. The molecule has 0 amide bonds. The third kappa shape index (κ3) is 5.80. The number of benzene rings is 2. The highest BCUT2D eigenvalue weighted by Gasteiger charge is 2.60. The molecule has 44 heavy (non-hydrogen) atoms. The zero-order valence-corrected chi connectivity index (χ0v) is 28.3. The molecular weight excluding hydrogens is 544 g/mol. The van der Waals surface area contributed by atoms with Crippen molar-refractivity contribution in [2.45, 2.75) is 48.6 Å². The van der Waals surface area contributed by atoms with Crippen molar-refractivity contribution in [2.75, 3.05) is 107 Å². The highest BCUT2D eigenvalue weighted by Crippen LogP contribution is 2.49. The van der Waals surface area contributed by atoms with Gasteiger partial charge in [0.15, 0.2) is 5.78 Å². The number of Topliss-reactive ketones (excluding diaryl/α,β-unsaturated/α-hetero) is 1. The first-order valence-electron chi connectivity index (χ1n) is 16.9. The largest absolute Gasteiger partial charge is 0.303 e. The summed E-state index contributed by atoms with van der Waals surface area (Å²) in [6.07, 6.45) is 1.68. The van der Waals surface area contributed by atoms with E-state index < -0.39 is 10.8 Å². The molecule has 0 aliphatic carbocycles. The third-order valence-electron chi connectivity index (χ3n) is 11.8. The Morgan fingerprint density at radius 1 is 0.477 bits per heavy atom. The number of hydrogen-bond donors (Lipinski definition) is 0. The van der Waals surface area contributed by atoms with Crippen LogP contribution in [0.3, 0.4) is 0 Å². The lowest BCUT2D eigenvalue weighted by molar-refractivity contribution is -0.144. The van der Waals surface area contributed by atoms with E-state index in [4.69, 9.17) is 0 Å². The molecule has 2 atom stereocenters. The van der Waals surface area contributed by atoms with Crippen molar-refractivity contribution in [1.29, 1.82) is 0 Å². The molecule has 6 rings (SSSR count). The lowest BCUT2D eigenvalue weighted by Gasteiger charge is -2.59. The van der Waals surface area contributed by atoms with Crippen molar-refractivity contribution in [3.05, 3.63) is 71.8 Å². The number of carbonyl (C=O) groups is 1. The van der Waals surface area contributed by atoms with E-state index in [1.54, 1.807) is 0 Å². The number of fused-ring (bicyclic) bond motifs is 2. The van der Waals surface area contributed by atoms with Crippen molar-refractivity contribution in [2.24, 2.45) is 0 Å². The minimum Gasteiger partial charge on any atom is -0.303 e. The van der Waals surface area contributed by atoms with Gasteiger partial charge in [0.1, 0.15) is 0 Å². The molecule has 4 heterocycles. The van der Waals surface area contributed by atoms with Crippen LogP contribution >= 0.6 is 0 Å². The number of nitrogens with zero attached hydrogens (tertiary/aromatic N) is 6. The van der Waals surface area contributed by atoms with Gasteiger partial charge in [0, 0.05) is 89.6 Å². The second kappa shape index (κ2) is 12.2. The summed E-state index contributed by atoms with van der Waals surface area (Å²) in [5, 5.41) is 0. The van der Waals surface area contributed by atoms with Gasteiger partial charge in [-0.2, -0.15) is 0 Å². The summed E-state index contributed by atoms with van der Waals surface area (Å²) in [6.45, 7) is 16.8. The number of hydrogen-bond acceptors (Lipinski definition) is 7. The Hall–Kier alpha value is -2.13. The summed E-state index contributed by atoms with van der Waals surface area (Å²) in [5.41, 5.74) is 1.16. The van der Waals surface area contributed by atoms with Crippen molar-refractivity contribution >= 4 is 5.78 Å². The molecular formula is C37H56N6O. The number of ketones is 1. The molecule has 0 saturated carbocycles. The molecule has 2 aromatic rings. The number of likely N-dealkylation sites (N-methyl/N-ethyl adjacent to an activating group) is 4. The molecule has 0 radical (unpaired) electrons. The lowest BCUT2D eigenvalue weighted by atomic mass is 9.56. The maximum atomic E-state index is 15.6. The zero-order valence-electron chi connectivity index (χ0n) is 28.3. The second-order valence-electron chi connectivity index (χ2n) is 15.5. The van der Waals surface area contributed by atoms with E-state index in [-0.39, 0.29) is 11.1 Å². The molecule has 0 aromatic heterocycles. The predicted molar refractivity (Wildman–Crippen MR) is 180 cm³/mol. The highest BCUT2D eigenvalue weighted by atomic mass is 16.1. The van der Waals surface area contributed by atoms with Crippen LogP contribution in [0.4, 0.5) is 0 Å². The van der Waals surface area contributed by atoms with E-state index in [1.807, 2.05) is 0 Å². The Kier molecular flexibility index (Phi) is 8.85. The average molecular weight is 601 g/mol. The SMILES string of the molecule is CN1CCN(C)CC(C)(N2CCC3(c4ccccc4)CN(C4(C)CN(C)CCN(C)C4)CC(c4ccccc4)(CC2)C3=O)C1. The molecule has 7 heteroatoms. The fourth-order valence-electron chi connectivity index (χ4n) is 9.45. The van der Waals surface area contributed by atoms with E-state index in [0.29, 0.717) is 5.78 Å². The van der Waals surface area contributed by atoms with Gasteiger partial charge in [-0.3, -0.25) is 14.6 Å². The fourth-order valence-corrected chi connectivity index (χ4v) is 9.45. The Balaban J connectivity index is 1.50. The molecule has 4 saturated heterocycles. The minimum absolute atomic E-state index is 0.0167. The quantitative estimate of drug-likeness (QED) is 0.534. The van der Waals surface area contributed by atoms with Gasteiger partial charge < -0.3 is 19.6 Å². The van der Waals surface area contributed by atoms with Crippen LogP contribution in [0, 0.1) is 0 Å². The Labute approximate surface area is 266 Å². The molecule has 2 aromatic carbocycles. The van der Waals surface area contributed by atoms with E-state index in [2.05, 4.69) is 132 Å². The van der Waals surface area contributed by atoms with Crippen molar-refractivity contribution in [1.82, 2.24) is 29.4 Å². The molecule has 0 spiro atoms. The van der Waals surface area contributed by atoms with Gasteiger partial charge in [-0.25, -0.2) is 0 Å². The third-order valence-corrected chi connectivity index (χ3v) is 11.8. The Morgan fingerprint density at radius 3 is 1.18 bits per heavy atom. The first-order chi connectivity index (χ1) is 21.0. The van der Waals surface area contributed by atoms with Crippen LogP contribution in [0.5, 0.6) is 0 Å². The smallest absolute Gasteiger partial charge is 0.156 e. The normalized spacial score (nSPS) is 32.0. The maximum Gasteiger partial charge on any atom is 0.156 e. The van der Waals surface area contributed by atoms with Crippen molar-refractivity contribution < 1.29 is 4.79 Å². The van der Waals surface area contributed by atoms with E-state index in [9.17, 15) is 0 Å². The predicted octanol–water partition coefficient (Wildman–Crippen LogP) is 3.11. The fraction of sp³-hybridized carbons (Fsp3) is 0.649. The van der Waals surface area contributed by atoms with Crippen molar-refractivity contribution in [3.8, 4) is 0 Å². The molecule has 4 aliphatic rings. The van der Waals surface area contributed by atoms with Crippen LogP contribution in [0.2, 0.25) is 0 Å². The van der Waals surface area contributed by atoms with Crippen molar-refractivity contribution in [3.63, 3.8) is 0 Å². The maximum absolute atomic E-state index is 15.6. The summed E-state index contributed by atoms with van der Waals surface area (Å²) in [6, 6.07) is 21.7.